The average Bonchev–Trinajstić information content (AvgIpc) is 2.86. The summed E-state index contributed by atoms with van der Waals surface area (Å²) in [6.45, 7) is 0. The molecule has 0 aromatic heterocycles. The lowest BCUT2D eigenvalue weighted by Gasteiger charge is -2.37. The Hall–Kier alpha value is -3.82. The van der Waals surface area contributed by atoms with Crippen molar-refractivity contribution in [2.24, 2.45) is 4.76 Å². The van der Waals surface area contributed by atoms with Crippen LogP contribution in [-0.4, -0.2) is 17.8 Å². The zero-order valence-electron chi connectivity index (χ0n) is 18.8. The fraction of sp³-hybridized carbons (Fsp3) is 0.107. The van der Waals surface area contributed by atoms with Gasteiger partial charge in [0.15, 0.2) is 0 Å². The Morgan fingerprint density at radius 3 is 1.82 bits per heavy atom. The molecule has 0 radical (unpaired) electrons. The maximum atomic E-state index is 14.1. The molecule has 1 unspecified atom stereocenters. The van der Waals surface area contributed by atoms with Crippen molar-refractivity contribution in [1.29, 1.82) is 0 Å². The minimum absolute atomic E-state index is 0.0631. The first kappa shape index (κ1) is 22.0. The Morgan fingerprint density at radius 2 is 1.24 bits per heavy atom. The first-order valence-electron chi connectivity index (χ1n) is 11.2. The molecule has 0 bridgehead atoms. The van der Waals surface area contributed by atoms with Gasteiger partial charge in [-0.1, -0.05) is 91.0 Å². The third-order valence-corrected chi connectivity index (χ3v) is 7.13. The standard InChI is InChI=1S/C28H25N2O3P/c1-30-27(21-23-15-11-12-20-26(23)28(30)22-13-5-2-6-14-22)29-34(31,32-24-16-7-3-8-17-24)33-25-18-9-4-10-19-25/h2-20,28H,21H2,1H3. The highest BCUT2D eigenvalue weighted by Crippen LogP contribution is 2.51. The molecule has 5 rings (SSSR count). The largest absolute Gasteiger partial charge is 0.564 e. The number of fused-ring (bicyclic) bond motifs is 1. The van der Waals surface area contributed by atoms with Gasteiger partial charge in [0.2, 0.25) is 0 Å². The highest BCUT2D eigenvalue weighted by Gasteiger charge is 2.35. The van der Waals surface area contributed by atoms with E-state index >= 15 is 0 Å². The summed E-state index contributed by atoms with van der Waals surface area (Å²) in [5, 5.41) is 0. The zero-order chi connectivity index (χ0) is 23.4. The number of amidine groups is 1. The van der Waals surface area contributed by atoms with Gasteiger partial charge in [0.05, 0.1) is 6.04 Å². The van der Waals surface area contributed by atoms with E-state index < -0.39 is 7.75 Å². The van der Waals surface area contributed by atoms with Gasteiger partial charge in [-0.15, -0.1) is 4.76 Å². The topological polar surface area (TPSA) is 51.1 Å². The summed E-state index contributed by atoms with van der Waals surface area (Å²) in [6, 6.07) is 36.5. The van der Waals surface area contributed by atoms with E-state index in [9.17, 15) is 4.57 Å². The summed E-state index contributed by atoms with van der Waals surface area (Å²) < 4.78 is 30.5. The molecule has 1 aliphatic heterocycles. The first-order chi connectivity index (χ1) is 16.6. The van der Waals surface area contributed by atoms with E-state index in [1.807, 2.05) is 73.8 Å². The Balaban J connectivity index is 1.58. The molecule has 1 atom stereocenters. The molecular formula is C28H25N2O3P. The van der Waals surface area contributed by atoms with Gasteiger partial charge >= 0.3 is 7.75 Å². The monoisotopic (exact) mass is 468 g/mol. The molecule has 4 aromatic rings. The number of hydrogen-bond acceptors (Lipinski definition) is 3. The van der Waals surface area contributed by atoms with E-state index in [1.165, 1.54) is 5.56 Å². The van der Waals surface area contributed by atoms with Gasteiger partial charge in [-0.2, -0.15) is 0 Å². The van der Waals surface area contributed by atoms with E-state index in [2.05, 4.69) is 33.9 Å². The summed E-state index contributed by atoms with van der Waals surface area (Å²) in [7, 11) is -1.98. The third-order valence-electron chi connectivity index (χ3n) is 5.77. The zero-order valence-corrected chi connectivity index (χ0v) is 19.7. The van der Waals surface area contributed by atoms with Crippen LogP contribution in [-0.2, 0) is 11.0 Å². The fourth-order valence-corrected chi connectivity index (χ4v) is 5.58. The molecule has 5 nitrogen and oxygen atoms in total. The quantitative estimate of drug-likeness (QED) is 0.288. The minimum atomic E-state index is -3.95. The molecule has 34 heavy (non-hydrogen) atoms. The Morgan fingerprint density at radius 1 is 0.735 bits per heavy atom. The number of hydrogen-bond donors (Lipinski definition) is 0. The first-order valence-corrected chi connectivity index (χ1v) is 12.6. The lowest BCUT2D eigenvalue weighted by Crippen LogP contribution is -2.38. The smallest absolute Gasteiger partial charge is 0.399 e. The van der Waals surface area contributed by atoms with Gasteiger partial charge in [-0.25, -0.2) is 4.57 Å². The van der Waals surface area contributed by atoms with Crippen LogP contribution in [0.5, 0.6) is 11.5 Å². The number of benzene rings is 4. The highest BCUT2D eigenvalue weighted by molar-refractivity contribution is 7.53. The van der Waals surface area contributed by atoms with Crippen molar-refractivity contribution in [3.05, 3.63) is 132 Å². The molecule has 0 spiro atoms. The number of likely N-dealkylation sites (N-methyl/N-ethyl adjacent to an activating group) is 1. The molecule has 0 fully saturated rings. The Kier molecular flexibility index (Phi) is 6.20. The van der Waals surface area contributed by atoms with Crippen LogP contribution < -0.4 is 9.05 Å². The number of para-hydroxylation sites is 2. The van der Waals surface area contributed by atoms with Crippen LogP contribution in [0.4, 0.5) is 0 Å². The van der Waals surface area contributed by atoms with Gasteiger partial charge in [0.25, 0.3) is 0 Å². The van der Waals surface area contributed by atoms with Gasteiger partial charge in [0, 0.05) is 13.5 Å². The van der Waals surface area contributed by atoms with Crippen molar-refractivity contribution in [3.63, 3.8) is 0 Å². The van der Waals surface area contributed by atoms with E-state index in [0.717, 1.165) is 11.1 Å². The lowest BCUT2D eigenvalue weighted by atomic mass is 9.88. The number of rotatable bonds is 6. The summed E-state index contributed by atoms with van der Waals surface area (Å²) >= 11 is 0. The predicted molar refractivity (Wildman–Crippen MR) is 135 cm³/mol. The number of nitrogens with zero attached hydrogens (tertiary/aromatic N) is 2. The fourth-order valence-electron chi connectivity index (χ4n) is 4.19. The van der Waals surface area contributed by atoms with Crippen LogP contribution >= 0.6 is 7.75 Å². The van der Waals surface area contributed by atoms with Crippen molar-refractivity contribution < 1.29 is 13.6 Å². The molecule has 0 saturated heterocycles. The van der Waals surface area contributed by atoms with Crippen molar-refractivity contribution in [1.82, 2.24) is 4.90 Å². The molecule has 1 heterocycles. The van der Waals surface area contributed by atoms with Gasteiger partial charge in [-0.05, 0) is 41.0 Å². The minimum Gasteiger partial charge on any atom is -0.399 e. The SMILES string of the molecule is CN1C(=NP(=O)(Oc2ccccc2)Oc2ccccc2)Cc2ccccc2C1c1ccccc1. The maximum absolute atomic E-state index is 14.1. The molecular weight excluding hydrogens is 443 g/mol. The Bertz CT molecular complexity index is 1280. The highest BCUT2D eigenvalue weighted by atomic mass is 31.2. The van der Waals surface area contributed by atoms with Crippen LogP contribution in [0, 0.1) is 0 Å². The molecule has 0 amide bonds. The maximum Gasteiger partial charge on any atom is 0.564 e. The molecule has 6 heteroatoms. The van der Waals surface area contributed by atoms with Crippen molar-refractivity contribution in [2.45, 2.75) is 12.5 Å². The molecule has 1 aliphatic rings. The molecule has 0 N–H and O–H groups in total. The van der Waals surface area contributed by atoms with Crippen LogP contribution in [0.2, 0.25) is 0 Å². The normalized spacial score (nSPS) is 16.7. The summed E-state index contributed by atoms with van der Waals surface area (Å²) in [4.78, 5) is 2.06. The molecule has 0 saturated carbocycles. The second kappa shape index (κ2) is 9.58. The van der Waals surface area contributed by atoms with Crippen LogP contribution in [0.25, 0.3) is 0 Å². The van der Waals surface area contributed by atoms with Crippen molar-refractivity contribution >= 4 is 13.6 Å². The molecule has 4 aromatic carbocycles. The summed E-state index contributed by atoms with van der Waals surface area (Å²) in [5.74, 6) is 1.51. The van der Waals surface area contributed by atoms with Crippen LogP contribution in [0.1, 0.15) is 22.7 Å². The summed E-state index contributed by atoms with van der Waals surface area (Å²) in [5.41, 5.74) is 3.48. The second-order valence-corrected chi connectivity index (χ2v) is 9.60. The van der Waals surface area contributed by atoms with Crippen LogP contribution in [0.3, 0.4) is 0 Å². The van der Waals surface area contributed by atoms with Gasteiger partial charge < -0.3 is 13.9 Å². The molecule has 0 aliphatic carbocycles. The van der Waals surface area contributed by atoms with Gasteiger partial charge in [0.1, 0.15) is 17.3 Å². The second-order valence-electron chi connectivity index (χ2n) is 8.09. The molecule has 170 valence electrons. The van der Waals surface area contributed by atoms with Gasteiger partial charge in [-0.3, -0.25) is 0 Å². The third kappa shape index (κ3) is 4.75. The van der Waals surface area contributed by atoms with E-state index in [0.29, 0.717) is 23.8 Å². The van der Waals surface area contributed by atoms with E-state index in [4.69, 9.17) is 9.05 Å². The van der Waals surface area contributed by atoms with Crippen molar-refractivity contribution in [3.8, 4) is 11.5 Å². The Labute approximate surface area is 199 Å². The van der Waals surface area contributed by atoms with E-state index in [1.54, 1.807) is 24.3 Å². The predicted octanol–water partition coefficient (Wildman–Crippen LogP) is 6.93. The lowest BCUT2D eigenvalue weighted by molar-refractivity contribution is 0.379. The van der Waals surface area contributed by atoms with Crippen molar-refractivity contribution in [2.75, 3.05) is 7.05 Å². The average molecular weight is 468 g/mol. The van der Waals surface area contributed by atoms with Crippen LogP contribution in [0.15, 0.2) is 120 Å². The summed E-state index contributed by atoms with van der Waals surface area (Å²) in [6.07, 6.45) is 0.524. The van der Waals surface area contributed by atoms with E-state index in [-0.39, 0.29) is 6.04 Å².